The standard InChI is InChI=1S/C9H17N3OS/c1-2-3-4-11-5-8(13)7-6-14-9(10)12-7/h6,8,11,13H,2-5H2,1H3,(H2,10,12). The maximum absolute atomic E-state index is 9.66. The van der Waals surface area contributed by atoms with Gasteiger partial charge in [-0.25, -0.2) is 4.98 Å². The second-order valence-corrected chi connectivity index (χ2v) is 4.07. The third-order valence-electron chi connectivity index (χ3n) is 1.93. The summed E-state index contributed by atoms with van der Waals surface area (Å²) in [5.74, 6) is 0. The number of rotatable bonds is 6. The lowest BCUT2D eigenvalue weighted by atomic mass is 10.2. The van der Waals surface area contributed by atoms with Gasteiger partial charge in [0, 0.05) is 11.9 Å². The minimum Gasteiger partial charge on any atom is -0.385 e. The molecule has 0 radical (unpaired) electrons. The number of aliphatic hydroxyl groups excluding tert-OH is 1. The normalized spacial score (nSPS) is 13.0. The summed E-state index contributed by atoms with van der Waals surface area (Å²) >= 11 is 1.36. The average molecular weight is 215 g/mol. The van der Waals surface area contributed by atoms with Gasteiger partial charge in [0.15, 0.2) is 5.13 Å². The fraction of sp³-hybridized carbons (Fsp3) is 0.667. The van der Waals surface area contributed by atoms with Crippen LogP contribution < -0.4 is 11.1 Å². The van der Waals surface area contributed by atoms with Crippen LogP contribution in [0.1, 0.15) is 31.6 Å². The van der Waals surface area contributed by atoms with E-state index in [4.69, 9.17) is 5.73 Å². The topological polar surface area (TPSA) is 71.2 Å². The number of hydrogen-bond acceptors (Lipinski definition) is 5. The summed E-state index contributed by atoms with van der Waals surface area (Å²) in [5, 5.41) is 15.1. The first-order chi connectivity index (χ1) is 6.74. The molecule has 0 aliphatic carbocycles. The zero-order chi connectivity index (χ0) is 10.4. The van der Waals surface area contributed by atoms with E-state index in [9.17, 15) is 5.11 Å². The number of anilines is 1. The van der Waals surface area contributed by atoms with E-state index in [1.165, 1.54) is 11.3 Å². The Morgan fingerprint density at radius 1 is 1.71 bits per heavy atom. The number of hydrogen-bond donors (Lipinski definition) is 3. The summed E-state index contributed by atoms with van der Waals surface area (Å²) in [4.78, 5) is 4.02. The van der Waals surface area contributed by atoms with Crippen molar-refractivity contribution in [3.63, 3.8) is 0 Å². The third-order valence-corrected chi connectivity index (χ3v) is 2.62. The molecule has 0 fully saturated rings. The number of aliphatic hydroxyl groups is 1. The summed E-state index contributed by atoms with van der Waals surface area (Å²) in [6, 6.07) is 0. The monoisotopic (exact) mass is 215 g/mol. The highest BCUT2D eigenvalue weighted by atomic mass is 32.1. The van der Waals surface area contributed by atoms with E-state index in [0.717, 1.165) is 19.4 Å². The van der Waals surface area contributed by atoms with Crippen molar-refractivity contribution < 1.29 is 5.11 Å². The SMILES string of the molecule is CCCCNCC(O)c1csc(N)n1. The van der Waals surface area contributed by atoms with Crippen molar-refractivity contribution in [2.75, 3.05) is 18.8 Å². The maximum atomic E-state index is 9.66. The van der Waals surface area contributed by atoms with E-state index in [-0.39, 0.29) is 0 Å². The molecule has 0 amide bonds. The Hall–Kier alpha value is -0.650. The molecule has 1 aromatic heterocycles. The fourth-order valence-electron chi connectivity index (χ4n) is 1.10. The molecule has 0 bridgehead atoms. The van der Waals surface area contributed by atoms with Crippen LogP contribution in [-0.2, 0) is 0 Å². The molecule has 0 saturated heterocycles. The van der Waals surface area contributed by atoms with Gasteiger partial charge < -0.3 is 16.2 Å². The van der Waals surface area contributed by atoms with Gasteiger partial charge in [-0.3, -0.25) is 0 Å². The van der Waals surface area contributed by atoms with E-state index < -0.39 is 6.10 Å². The van der Waals surface area contributed by atoms with Gasteiger partial charge in [-0.15, -0.1) is 11.3 Å². The molecule has 4 N–H and O–H groups in total. The van der Waals surface area contributed by atoms with Crippen LogP contribution in [0.4, 0.5) is 5.13 Å². The highest BCUT2D eigenvalue weighted by Gasteiger charge is 2.09. The molecule has 0 spiro atoms. The molecule has 1 aromatic rings. The van der Waals surface area contributed by atoms with Crippen LogP contribution in [-0.4, -0.2) is 23.2 Å². The predicted molar refractivity (Wildman–Crippen MR) is 59.3 cm³/mol. The first kappa shape index (κ1) is 11.4. The molecule has 0 aliphatic heterocycles. The molecule has 80 valence electrons. The molecular weight excluding hydrogens is 198 g/mol. The van der Waals surface area contributed by atoms with Crippen molar-refractivity contribution in [2.45, 2.75) is 25.9 Å². The second-order valence-electron chi connectivity index (χ2n) is 3.18. The van der Waals surface area contributed by atoms with E-state index >= 15 is 0 Å². The summed E-state index contributed by atoms with van der Waals surface area (Å²) < 4.78 is 0. The van der Waals surface area contributed by atoms with Crippen LogP contribution in [0, 0.1) is 0 Å². The van der Waals surface area contributed by atoms with Crippen LogP contribution in [0.3, 0.4) is 0 Å². The van der Waals surface area contributed by atoms with Gasteiger partial charge in [0.25, 0.3) is 0 Å². The number of nitrogen functional groups attached to an aromatic ring is 1. The van der Waals surface area contributed by atoms with E-state index in [2.05, 4.69) is 17.2 Å². The highest BCUT2D eigenvalue weighted by Crippen LogP contribution is 2.17. The van der Waals surface area contributed by atoms with Gasteiger partial charge in [0.2, 0.25) is 0 Å². The lowest BCUT2D eigenvalue weighted by Gasteiger charge is -2.08. The van der Waals surface area contributed by atoms with Crippen molar-refractivity contribution >= 4 is 16.5 Å². The van der Waals surface area contributed by atoms with E-state index in [1.807, 2.05) is 0 Å². The van der Waals surface area contributed by atoms with Crippen LogP contribution in [0.5, 0.6) is 0 Å². The molecule has 1 rings (SSSR count). The zero-order valence-electron chi connectivity index (χ0n) is 8.36. The van der Waals surface area contributed by atoms with E-state index in [0.29, 0.717) is 17.4 Å². The molecule has 4 nitrogen and oxygen atoms in total. The number of nitrogens with one attached hydrogen (secondary N) is 1. The van der Waals surface area contributed by atoms with Crippen molar-refractivity contribution in [3.05, 3.63) is 11.1 Å². The fourth-order valence-corrected chi connectivity index (χ4v) is 1.71. The molecule has 1 heterocycles. The Morgan fingerprint density at radius 2 is 2.50 bits per heavy atom. The van der Waals surface area contributed by atoms with Gasteiger partial charge in [-0.2, -0.15) is 0 Å². The van der Waals surface area contributed by atoms with Crippen LogP contribution in [0.15, 0.2) is 5.38 Å². The quantitative estimate of drug-likeness (QED) is 0.622. The van der Waals surface area contributed by atoms with Crippen molar-refractivity contribution in [1.82, 2.24) is 10.3 Å². The molecule has 0 aliphatic rings. The lowest BCUT2D eigenvalue weighted by molar-refractivity contribution is 0.171. The number of thiazole rings is 1. The van der Waals surface area contributed by atoms with Crippen molar-refractivity contribution in [2.24, 2.45) is 0 Å². The predicted octanol–water partition coefficient (Wildman–Crippen LogP) is 1.15. The molecule has 1 atom stereocenters. The zero-order valence-corrected chi connectivity index (χ0v) is 9.18. The molecular formula is C9H17N3OS. The van der Waals surface area contributed by atoms with Crippen LogP contribution >= 0.6 is 11.3 Å². The van der Waals surface area contributed by atoms with E-state index in [1.54, 1.807) is 5.38 Å². The molecule has 0 aromatic carbocycles. The summed E-state index contributed by atoms with van der Waals surface area (Å²) in [6.45, 7) is 3.62. The molecule has 5 heteroatoms. The Kier molecular flexibility index (Phi) is 4.86. The first-order valence-electron chi connectivity index (χ1n) is 4.83. The Labute approximate surface area is 88.2 Å². The molecule has 1 unspecified atom stereocenters. The van der Waals surface area contributed by atoms with Crippen LogP contribution in [0.25, 0.3) is 0 Å². The summed E-state index contributed by atoms with van der Waals surface area (Å²) in [5.41, 5.74) is 6.13. The Morgan fingerprint density at radius 3 is 3.07 bits per heavy atom. The molecule has 14 heavy (non-hydrogen) atoms. The number of nitrogens with zero attached hydrogens (tertiary/aromatic N) is 1. The highest BCUT2D eigenvalue weighted by molar-refractivity contribution is 7.13. The number of aromatic nitrogens is 1. The number of nitrogens with two attached hydrogens (primary N) is 1. The van der Waals surface area contributed by atoms with Gasteiger partial charge in [-0.05, 0) is 13.0 Å². The summed E-state index contributed by atoms with van der Waals surface area (Å²) in [6.07, 6.45) is 1.75. The summed E-state index contributed by atoms with van der Waals surface area (Å²) in [7, 11) is 0. The smallest absolute Gasteiger partial charge is 0.180 e. The largest absolute Gasteiger partial charge is 0.385 e. The minimum absolute atomic E-state index is 0.507. The Bertz CT molecular complexity index is 264. The molecule has 0 saturated carbocycles. The number of unbranched alkanes of at least 4 members (excludes halogenated alkanes) is 1. The Balaban J connectivity index is 2.25. The first-order valence-corrected chi connectivity index (χ1v) is 5.71. The lowest BCUT2D eigenvalue weighted by Crippen LogP contribution is -2.22. The van der Waals surface area contributed by atoms with Gasteiger partial charge >= 0.3 is 0 Å². The van der Waals surface area contributed by atoms with Crippen molar-refractivity contribution in [3.8, 4) is 0 Å². The van der Waals surface area contributed by atoms with Crippen molar-refractivity contribution in [1.29, 1.82) is 0 Å². The van der Waals surface area contributed by atoms with Crippen LogP contribution in [0.2, 0.25) is 0 Å². The van der Waals surface area contributed by atoms with Gasteiger partial charge in [0.05, 0.1) is 5.69 Å². The second kappa shape index (κ2) is 5.95. The average Bonchev–Trinajstić information content (AvgIpc) is 2.59. The van der Waals surface area contributed by atoms with Gasteiger partial charge in [-0.1, -0.05) is 13.3 Å². The maximum Gasteiger partial charge on any atom is 0.180 e. The third kappa shape index (κ3) is 3.61. The minimum atomic E-state index is -0.541. The van der Waals surface area contributed by atoms with Gasteiger partial charge in [0.1, 0.15) is 6.10 Å².